The third-order valence-electron chi connectivity index (χ3n) is 0.986. The third kappa shape index (κ3) is 5.24. The van der Waals surface area contributed by atoms with Crippen molar-refractivity contribution in [1.29, 1.82) is 0 Å². The van der Waals surface area contributed by atoms with E-state index in [2.05, 4.69) is 37.4 Å². The smallest absolute Gasteiger partial charge is 0.284 e. The van der Waals surface area contributed by atoms with Gasteiger partial charge in [-0.25, -0.2) is 13.6 Å². The average Bonchev–Trinajstić information content (AvgIpc) is 1.77. The van der Waals surface area contributed by atoms with E-state index in [1.807, 2.05) is 0 Å². The first-order valence-electron chi connectivity index (χ1n) is 2.62. The monoisotopic (exact) mass is 360 g/mol. The maximum absolute atomic E-state index is 10.7. The second-order valence-corrected chi connectivity index (χ2v) is 8.33. The Bertz CT molecular complexity index is 328. The largest absolute Gasteiger partial charge is 0.285 e. The fourth-order valence-electron chi connectivity index (χ4n) is 0.480. The molecule has 0 saturated carbocycles. The van der Waals surface area contributed by atoms with E-state index < -0.39 is 31.3 Å². The van der Waals surface area contributed by atoms with Crippen LogP contribution in [0.25, 0.3) is 0 Å². The number of rotatable bonds is 4. The molecule has 0 aromatic rings. The van der Waals surface area contributed by atoms with Crippen molar-refractivity contribution >= 4 is 52.4 Å². The molecule has 0 rings (SSSR count). The summed E-state index contributed by atoms with van der Waals surface area (Å²) in [5.74, 6) is 0. The Hall–Kier alpha value is 0.740. The molecule has 0 aliphatic heterocycles. The van der Waals surface area contributed by atoms with Gasteiger partial charge in [0.25, 0.3) is 10.1 Å². The SMILES string of the molecule is NS(=O)(=O)C(CN(Br)Br)S(=O)(=O)O. The topological polar surface area (TPSA) is 118 Å². The number of primary sulfonamides is 1. The highest BCUT2D eigenvalue weighted by atomic mass is 79.9. The van der Waals surface area contributed by atoms with Crippen LogP contribution in [0.4, 0.5) is 0 Å². The first-order valence-corrected chi connectivity index (χ1v) is 7.15. The quantitative estimate of drug-likeness (QED) is 0.510. The minimum Gasteiger partial charge on any atom is -0.284 e. The molecule has 0 aromatic heterocycles. The zero-order valence-corrected chi connectivity index (χ0v) is 10.8. The lowest BCUT2D eigenvalue weighted by atomic mass is 10.8. The summed E-state index contributed by atoms with van der Waals surface area (Å²) in [4.78, 5) is 0. The molecule has 80 valence electrons. The number of nitrogens with zero attached hydrogens (tertiary/aromatic N) is 1. The number of sulfonamides is 1. The van der Waals surface area contributed by atoms with Gasteiger partial charge in [0.2, 0.25) is 14.6 Å². The summed E-state index contributed by atoms with van der Waals surface area (Å²) in [7, 11) is -9.09. The van der Waals surface area contributed by atoms with Gasteiger partial charge in [0.15, 0.2) is 0 Å². The van der Waals surface area contributed by atoms with E-state index in [1.165, 1.54) is 0 Å². The zero-order chi connectivity index (χ0) is 10.9. The number of halogens is 2. The van der Waals surface area contributed by atoms with Crippen molar-refractivity contribution in [2.75, 3.05) is 6.54 Å². The average molecular weight is 362 g/mol. The second kappa shape index (κ2) is 4.51. The molecule has 1 atom stereocenters. The van der Waals surface area contributed by atoms with E-state index in [0.29, 0.717) is 0 Å². The Morgan fingerprint density at radius 2 is 1.69 bits per heavy atom. The molecule has 3 N–H and O–H groups in total. The maximum atomic E-state index is 10.7. The summed E-state index contributed by atoms with van der Waals surface area (Å²) >= 11 is 5.43. The number of nitrogens with two attached hydrogens (primary N) is 1. The molecule has 0 aliphatic rings. The Morgan fingerprint density at radius 3 is 1.77 bits per heavy atom. The van der Waals surface area contributed by atoms with E-state index >= 15 is 0 Å². The minimum atomic E-state index is -4.73. The summed E-state index contributed by atoms with van der Waals surface area (Å²) in [6.45, 7) is -0.544. The molecule has 0 aliphatic carbocycles. The first kappa shape index (κ1) is 13.7. The van der Waals surface area contributed by atoms with Gasteiger partial charge in [0.05, 0.1) is 6.54 Å². The van der Waals surface area contributed by atoms with Gasteiger partial charge in [0.1, 0.15) is 0 Å². The van der Waals surface area contributed by atoms with Crippen LogP contribution in [0.2, 0.25) is 0 Å². The van der Waals surface area contributed by atoms with Crippen molar-refractivity contribution in [3.8, 4) is 0 Å². The molecule has 0 amide bonds. The molecule has 0 fully saturated rings. The van der Waals surface area contributed by atoms with Crippen molar-refractivity contribution in [3.63, 3.8) is 0 Å². The molecule has 13 heavy (non-hydrogen) atoms. The first-order chi connectivity index (χ1) is 5.55. The fourth-order valence-corrected chi connectivity index (χ4v) is 3.88. The summed E-state index contributed by atoms with van der Waals surface area (Å²) < 4.78 is 49.8. The van der Waals surface area contributed by atoms with Crippen LogP contribution >= 0.6 is 32.3 Å². The molecule has 1 unspecified atom stereocenters. The van der Waals surface area contributed by atoms with Gasteiger partial charge in [-0.15, -0.1) is 0 Å². The lowest BCUT2D eigenvalue weighted by Gasteiger charge is -2.12. The molecule has 0 bridgehead atoms. The summed E-state index contributed by atoms with van der Waals surface area (Å²) in [5, 5.41) is 4.58. The highest BCUT2D eigenvalue weighted by Crippen LogP contribution is 2.13. The van der Waals surface area contributed by atoms with Gasteiger partial charge in [0, 0.05) is 32.3 Å². The third-order valence-corrected chi connectivity index (χ3v) is 4.79. The molecular weight excluding hydrogens is 356 g/mol. The van der Waals surface area contributed by atoms with E-state index in [9.17, 15) is 16.8 Å². The van der Waals surface area contributed by atoms with Gasteiger partial charge >= 0.3 is 0 Å². The van der Waals surface area contributed by atoms with Crippen molar-refractivity contribution in [3.05, 3.63) is 0 Å². The van der Waals surface area contributed by atoms with Gasteiger partial charge in [-0.2, -0.15) is 11.4 Å². The Labute approximate surface area is 92.7 Å². The van der Waals surface area contributed by atoms with Crippen molar-refractivity contribution in [2.24, 2.45) is 5.14 Å². The van der Waals surface area contributed by atoms with Crippen LogP contribution < -0.4 is 5.14 Å². The van der Waals surface area contributed by atoms with Crippen molar-refractivity contribution in [2.45, 2.75) is 4.58 Å². The predicted octanol–water partition coefficient (Wildman–Crippen LogP) is -0.589. The second-order valence-electron chi connectivity index (χ2n) is 2.02. The van der Waals surface area contributed by atoms with Crippen LogP contribution in [0, 0.1) is 0 Å². The molecule has 0 saturated heterocycles. The summed E-state index contributed by atoms with van der Waals surface area (Å²) in [6.07, 6.45) is 0. The van der Waals surface area contributed by atoms with Gasteiger partial charge in [-0.05, 0) is 0 Å². The Morgan fingerprint density at radius 1 is 1.31 bits per heavy atom. The highest BCUT2D eigenvalue weighted by Gasteiger charge is 2.35. The lowest BCUT2D eigenvalue weighted by molar-refractivity contribution is 0.473. The van der Waals surface area contributed by atoms with Crippen LogP contribution in [-0.2, 0) is 20.1 Å². The molecule has 11 heteroatoms. The number of hydrogen-bond acceptors (Lipinski definition) is 5. The van der Waals surface area contributed by atoms with Gasteiger partial charge in [-0.1, -0.05) is 0 Å². The molecular formula is C2H6Br2N2O5S2. The zero-order valence-electron chi connectivity index (χ0n) is 5.96. The van der Waals surface area contributed by atoms with E-state index in [4.69, 9.17) is 4.55 Å². The van der Waals surface area contributed by atoms with Gasteiger partial charge in [-0.3, -0.25) is 4.55 Å². The maximum Gasteiger partial charge on any atom is 0.285 e. The highest BCUT2D eigenvalue weighted by molar-refractivity contribution is 9.21. The normalized spacial score (nSPS) is 16.1. The van der Waals surface area contributed by atoms with Crippen molar-refractivity contribution < 1.29 is 21.4 Å². The molecule has 0 spiro atoms. The van der Waals surface area contributed by atoms with Crippen LogP contribution in [0.3, 0.4) is 0 Å². The lowest BCUT2D eigenvalue weighted by Crippen LogP contribution is -2.40. The fraction of sp³-hybridized carbons (Fsp3) is 1.00. The van der Waals surface area contributed by atoms with E-state index in [-0.39, 0.29) is 0 Å². The number of hydrogen-bond donors (Lipinski definition) is 2. The van der Waals surface area contributed by atoms with Crippen LogP contribution in [-0.4, -0.2) is 35.5 Å². The molecule has 0 radical (unpaired) electrons. The minimum absolute atomic E-state index is 0.544. The van der Waals surface area contributed by atoms with Crippen LogP contribution in [0.5, 0.6) is 0 Å². The Balaban J connectivity index is 5.03. The van der Waals surface area contributed by atoms with Crippen molar-refractivity contribution in [1.82, 2.24) is 2.95 Å². The summed E-state index contributed by atoms with van der Waals surface area (Å²) in [6, 6.07) is 0. The molecule has 0 aromatic carbocycles. The Kier molecular flexibility index (Phi) is 4.76. The van der Waals surface area contributed by atoms with Crippen LogP contribution in [0.1, 0.15) is 0 Å². The molecule has 0 heterocycles. The predicted molar refractivity (Wildman–Crippen MR) is 53.0 cm³/mol. The summed E-state index contributed by atoms with van der Waals surface area (Å²) in [5.41, 5.74) is 0. The van der Waals surface area contributed by atoms with E-state index in [0.717, 1.165) is 2.95 Å². The molecule has 7 nitrogen and oxygen atoms in total. The van der Waals surface area contributed by atoms with E-state index in [1.54, 1.807) is 0 Å². The standard InChI is InChI=1S/C2H6Br2N2O5S2/c3-6(4)1-2(12(5,7)8)13(9,10)11/h2H,1H2,(H2,5,7,8)(H,9,10,11). The van der Waals surface area contributed by atoms with Crippen LogP contribution in [0.15, 0.2) is 0 Å². The van der Waals surface area contributed by atoms with Gasteiger partial charge < -0.3 is 0 Å².